The molecule has 0 aromatic rings. The van der Waals surface area contributed by atoms with Crippen molar-refractivity contribution in [3.05, 3.63) is 0 Å². The summed E-state index contributed by atoms with van der Waals surface area (Å²) in [5, 5.41) is 6.16. The largest absolute Gasteiger partial charge is 0.383 e. The maximum Gasteiger partial charge on any atom is 0.234 e. The van der Waals surface area contributed by atoms with Crippen LogP contribution in [0, 0.1) is 0 Å². The van der Waals surface area contributed by atoms with E-state index in [1.165, 1.54) is 6.42 Å². The van der Waals surface area contributed by atoms with Crippen LogP contribution in [0.15, 0.2) is 0 Å². The molecule has 1 amide bonds. The van der Waals surface area contributed by atoms with Gasteiger partial charge in [-0.2, -0.15) is 0 Å². The molecule has 2 aliphatic rings. The first-order valence-corrected chi connectivity index (χ1v) is 6.36. The van der Waals surface area contributed by atoms with Crippen LogP contribution in [-0.4, -0.2) is 50.5 Å². The molecule has 98 valence electrons. The number of ether oxygens (including phenoxy) is 2. The van der Waals surface area contributed by atoms with Crippen molar-refractivity contribution < 1.29 is 14.3 Å². The smallest absolute Gasteiger partial charge is 0.234 e. The monoisotopic (exact) mass is 242 g/mol. The van der Waals surface area contributed by atoms with Gasteiger partial charge in [0.2, 0.25) is 5.91 Å². The molecule has 2 saturated heterocycles. The van der Waals surface area contributed by atoms with Crippen molar-refractivity contribution in [3.8, 4) is 0 Å². The summed E-state index contributed by atoms with van der Waals surface area (Å²) >= 11 is 0. The number of hydrogen-bond acceptors (Lipinski definition) is 4. The van der Waals surface area contributed by atoms with Crippen LogP contribution in [0.4, 0.5) is 0 Å². The number of nitrogens with one attached hydrogen (secondary N) is 2. The average molecular weight is 242 g/mol. The molecule has 2 bridgehead atoms. The van der Waals surface area contributed by atoms with E-state index in [0.29, 0.717) is 31.4 Å². The molecular formula is C12H22N2O3. The van der Waals surface area contributed by atoms with Gasteiger partial charge in [-0.3, -0.25) is 4.79 Å². The van der Waals surface area contributed by atoms with Gasteiger partial charge in [-0.25, -0.2) is 0 Å². The summed E-state index contributed by atoms with van der Waals surface area (Å²) < 4.78 is 10.7. The van der Waals surface area contributed by atoms with Gasteiger partial charge in [-0.15, -0.1) is 0 Å². The van der Waals surface area contributed by atoms with E-state index in [1.807, 2.05) is 6.92 Å². The van der Waals surface area contributed by atoms with Gasteiger partial charge in [0.25, 0.3) is 0 Å². The van der Waals surface area contributed by atoms with Crippen molar-refractivity contribution in [2.24, 2.45) is 0 Å². The molecule has 4 atom stereocenters. The van der Waals surface area contributed by atoms with Gasteiger partial charge in [-0.1, -0.05) is 0 Å². The van der Waals surface area contributed by atoms with Crippen LogP contribution in [0.3, 0.4) is 0 Å². The van der Waals surface area contributed by atoms with Crippen molar-refractivity contribution in [2.75, 3.05) is 20.3 Å². The van der Waals surface area contributed by atoms with Gasteiger partial charge >= 0.3 is 0 Å². The molecule has 0 saturated carbocycles. The third-order valence-corrected chi connectivity index (χ3v) is 3.45. The number of methoxy groups -OCH3 is 1. The predicted octanol–water partition coefficient (Wildman–Crippen LogP) is 0.0470. The van der Waals surface area contributed by atoms with E-state index in [0.717, 1.165) is 12.8 Å². The molecule has 4 unspecified atom stereocenters. The molecule has 2 rings (SSSR count). The van der Waals surface area contributed by atoms with Gasteiger partial charge in [0.1, 0.15) is 0 Å². The quantitative estimate of drug-likeness (QED) is 0.691. The van der Waals surface area contributed by atoms with E-state index in [2.05, 4.69) is 10.6 Å². The van der Waals surface area contributed by atoms with Crippen molar-refractivity contribution in [3.63, 3.8) is 0 Å². The van der Waals surface area contributed by atoms with E-state index in [9.17, 15) is 4.79 Å². The maximum absolute atomic E-state index is 11.6. The Morgan fingerprint density at radius 1 is 1.53 bits per heavy atom. The Bertz CT molecular complexity index is 272. The first kappa shape index (κ1) is 12.8. The molecule has 0 spiro atoms. The zero-order chi connectivity index (χ0) is 12.3. The molecule has 2 heterocycles. The molecule has 17 heavy (non-hydrogen) atoms. The molecule has 5 heteroatoms. The van der Waals surface area contributed by atoms with Gasteiger partial charge in [0.05, 0.1) is 25.4 Å². The molecule has 2 fully saturated rings. The highest BCUT2D eigenvalue weighted by atomic mass is 16.5. The van der Waals surface area contributed by atoms with Crippen LogP contribution in [0.25, 0.3) is 0 Å². The second-order valence-electron chi connectivity index (χ2n) is 5.02. The second kappa shape index (κ2) is 5.80. The summed E-state index contributed by atoms with van der Waals surface area (Å²) in [6, 6.07) is 0.419. The molecule has 2 aliphatic heterocycles. The summed E-state index contributed by atoms with van der Waals surface area (Å²) in [6.07, 6.45) is 4.10. The van der Waals surface area contributed by atoms with Gasteiger partial charge in [0, 0.05) is 19.2 Å². The lowest BCUT2D eigenvalue weighted by Crippen LogP contribution is -2.46. The van der Waals surface area contributed by atoms with Crippen molar-refractivity contribution >= 4 is 5.91 Å². The minimum atomic E-state index is 0.0253. The molecule has 0 radical (unpaired) electrons. The minimum absolute atomic E-state index is 0.0253. The van der Waals surface area contributed by atoms with Crippen molar-refractivity contribution in [1.29, 1.82) is 0 Å². The standard InChI is InChI=1S/C12H22N2O3/c1-8(7-16-2)14-12(15)6-13-10-5-9-3-4-11(10)17-9/h8-11,13H,3-7H2,1-2H3,(H,14,15). The maximum atomic E-state index is 11.6. The summed E-state index contributed by atoms with van der Waals surface area (Å²) in [5.74, 6) is 0.0253. The minimum Gasteiger partial charge on any atom is -0.383 e. The molecule has 2 N–H and O–H groups in total. The Morgan fingerprint density at radius 3 is 2.94 bits per heavy atom. The summed E-state index contributed by atoms with van der Waals surface area (Å²) in [6.45, 7) is 2.84. The number of carbonyl (C=O) groups excluding carboxylic acids is 1. The zero-order valence-corrected chi connectivity index (χ0v) is 10.6. The normalized spacial score (nSPS) is 32.7. The van der Waals surface area contributed by atoms with Gasteiger partial charge in [-0.05, 0) is 26.2 Å². The molecular weight excluding hydrogens is 220 g/mol. The fraction of sp³-hybridized carbons (Fsp3) is 0.917. The summed E-state index contributed by atoms with van der Waals surface area (Å²) in [4.78, 5) is 11.6. The van der Waals surface area contributed by atoms with Crippen molar-refractivity contribution in [1.82, 2.24) is 10.6 Å². The number of hydrogen-bond donors (Lipinski definition) is 2. The van der Waals surface area contributed by atoms with Crippen LogP contribution < -0.4 is 10.6 Å². The average Bonchev–Trinajstić information content (AvgIpc) is 2.88. The van der Waals surface area contributed by atoms with Crippen LogP contribution in [-0.2, 0) is 14.3 Å². The van der Waals surface area contributed by atoms with Crippen LogP contribution in [0.5, 0.6) is 0 Å². The lowest BCUT2D eigenvalue weighted by Gasteiger charge is -2.20. The lowest BCUT2D eigenvalue weighted by molar-refractivity contribution is -0.121. The lowest BCUT2D eigenvalue weighted by atomic mass is 9.95. The van der Waals surface area contributed by atoms with Crippen LogP contribution >= 0.6 is 0 Å². The van der Waals surface area contributed by atoms with Gasteiger partial charge < -0.3 is 20.1 Å². The highest BCUT2D eigenvalue weighted by Gasteiger charge is 2.40. The first-order chi connectivity index (χ1) is 8.19. The molecule has 0 aliphatic carbocycles. The van der Waals surface area contributed by atoms with E-state index < -0.39 is 0 Å². The molecule has 0 aromatic carbocycles. The Kier molecular flexibility index (Phi) is 4.36. The van der Waals surface area contributed by atoms with E-state index in [1.54, 1.807) is 7.11 Å². The Hall–Kier alpha value is -0.650. The number of fused-ring (bicyclic) bond motifs is 2. The molecule has 0 aromatic heterocycles. The third kappa shape index (κ3) is 3.40. The SMILES string of the molecule is COCC(C)NC(=O)CNC1CC2CCC1O2. The first-order valence-electron chi connectivity index (χ1n) is 6.36. The number of amides is 1. The van der Waals surface area contributed by atoms with E-state index in [-0.39, 0.29) is 11.9 Å². The Balaban J connectivity index is 1.63. The topological polar surface area (TPSA) is 59.6 Å². The number of carbonyl (C=O) groups is 1. The van der Waals surface area contributed by atoms with E-state index in [4.69, 9.17) is 9.47 Å². The van der Waals surface area contributed by atoms with Crippen molar-refractivity contribution in [2.45, 2.75) is 50.5 Å². The highest BCUT2D eigenvalue weighted by Crippen LogP contribution is 2.34. The van der Waals surface area contributed by atoms with Gasteiger partial charge in [0.15, 0.2) is 0 Å². The molecule has 5 nitrogen and oxygen atoms in total. The Labute approximate surface area is 102 Å². The summed E-state index contributed by atoms with van der Waals surface area (Å²) in [7, 11) is 1.63. The fourth-order valence-electron chi connectivity index (χ4n) is 2.69. The third-order valence-electron chi connectivity index (χ3n) is 3.45. The second-order valence-corrected chi connectivity index (χ2v) is 5.02. The number of rotatable bonds is 6. The zero-order valence-electron chi connectivity index (χ0n) is 10.6. The van der Waals surface area contributed by atoms with Crippen LogP contribution in [0.2, 0.25) is 0 Å². The highest BCUT2D eigenvalue weighted by molar-refractivity contribution is 5.78. The predicted molar refractivity (Wildman–Crippen MR) is 63.8 cm³/mol. The van der Waals surface area contributed by atoms with E-state index >= 15 is 0 Å². The summed E-state index contributed by atoms with van der Waals surface area (Å²) in [5.41, 5.74) is 0. The Morgan fingerprint density at radius 2 is 2.35 bits per heavy atom. The fourth-order valence-corrected chi connectivity index (χ4v) is 2.69. The van der Waals surface area contributed by atoms with Crippen LogP contribution in [0.1, 0.15) is 26.2 Å².